The second-order valence-electron chi connectivity index (χ2n) is 3.87. The third-order valence-corrected chi connectivity index (χ3v) is 2.71. The van der Waals surface area contributed by atoms with Crippen molar-refractivity contribution < 1.29 is 4.74 Å². The Balaban J connectivity index is 2.04. The highest BCUT2D eigenvalue weighted by Gasteiger charge is 2.02. The number of pyridine rings is 1. The summed E-state index contributed by atoms with van der Waals surface area (Å²) in [5, 5.41) is 9.25. The predicted molar refractivity (Wildman–Crippen MR) is 69.5 cm³/mol. The number of rotatable bonds is 3. The molecule has 0 aliphatic heterocycles. The number of ether oxygens (including phenoxy) is 1. The van der Waals surface area contributed by atoms with E-state index in [0.29, 0.717) is 22.9 Å². The van der Waals surface area contributed by atoms with Crippen LogP contribution in [-0.4, -0.2) is 4.98 Å². The molecule has 0 radical (unpaired) electrons. The minimum atomic E-state index is 0.328. The Kier molecular flexibility index (Phi) is 3.81. The molecule has 3 nitrogen and oxygen atoms in total. The van der Waals surface area contributed by atoms with Gasteiger partial charge >= 0.3 is 0 Å². The Morgan fingerprint density at radius 1 is 1.33 bits per heavy atom. The molecule has 0 unspecified atom stereocenters. The normalized spacial score (nSPS) is 9.83. The zero-order chi connectivity index (χ0) is 13.0. The van der Waals surface area contributed by atoms with Crippen molar-refractivity contribution >= 4 is 11.6 Å². The van der Waals surface area contributed by atoms with E-state index in [9.17, 15) is 0 Å². The Hall–Kier alpha value is -2.05. The van der Waals surface area contributed by atoms with E-state index in [1.807, 2.05) is 31.2 Å². The van der Waals surface area contributed by atoms with E-state index in [2.05, 4.69) is 4.98 Å². The van der Waals surface area contributed by atoms with Gasteiger partial charge in [0.2, 0.25) is 0 Å². The number of nitrogens with zero attached hydrogens (tertiary/aromatic N) is 2. The second kappa shape index (κ2) is 5.52. The second-order valence-corrected chi connectivity index (χ2v) is 4.28. The van der Waals surface area contributed by atoms with Crippen molar-refractivity contribution in [3.05, 3.63) is 58.4 Å². The fourth-order valence-electron chi connectivity index (χ4n) is 1.45. The maximum Gasteiger partial charge on any atom is 0.138 e. The molecule has 1 heterocycles. The zero-order valence-electron chi connectivity index (χ0n) is 9.85. The summed E-state index contributed by atoms with van der Waals surface area (Å²) in [7, 11) is 0. The first-order chi connectivity index (χ1) is 8.69. The fourth-order valence-corrected chi connectivity index (χ4v) is 1.74. The fraction of sp³-hybridized carbons (Fsp3) is 0.143. The molecular formula is C14H11ClN2O. The van der Waals surface area contributed by atoms with Gasteiger partial charge in [0.15, 0.2) is 0 Å². The SMILES string of the molecule is Cc1ccc(OCc2ccc(C#N)cn2)c(Cl)c1. The molecule has 1 aromatic heterocycles. The van der Waals surface area contributed by atoms with Crippen LogP contribution in [0.2, 0.25) is 5.02 Å². The third kappa shape index (κ3) is 2.99. The summed E-state index contributed by atoms with van der Waals surface area (Å²) in [6, 6.07) is 11.1. The molecule has 0 bridgehead atoms. The first-order valence-corrected chi connectivity index (χ1v) is 5.81. The van der Waals surface area contributed by atoms with Gasteiger partial charge in [-0.25, -0.2) is 0 Å². The summed E-state index contributed by atoms with van der Waals surface area (Å²) >= 11 is 6.05. The van der Waals surface area contributed by atoms with Crippen LogP contribution in [0.5, 0.6) is 5.75 Å². The highest BCUT2D eigenvalue weighted by molar-refractivity contribution is 6.32. The topological polar surface area (TPSA) is 45.9 Å². The first kappa shape index (κ1) is 12.4. The lowest BCUT2D eigenvalue weighted by atomic mass is 10.2. The van der Waals surface area contributed by atoms with Crippen molar-refractivity contribution in [1.29, 1.82) is 5.26 Å². The van der Waals surface area contributed by atoms with Gasteiger partial charge in [-0.2, -0.15) is 5.26 Å². The molecule has 90 valence electrons. The lowest BCUT2D eigenvalue weighted by Crippen LogP contribution is -1.98. The van der Waals surface area contributed by atoms with Crippen LogP contribution in [0.3, 0.4) is 0 Å². The van der Waals surface area contributed by atoms with E-state index < -0.39 is 0 Å². The van der Waals surface area contributed by atoms with Crippen molar-refractivity contribution in [3.8, 4) is 11.8 Å². The van der Waals surface area contributed by atoms with E-state index >= 15 is 0 Å². The molecule has 0 atom stereocenters. The molecule has 0 spiro atoms. The Morgan fingerprint density at radius 3 is 2.78 bits per heavy atom. The van der Waals surface area contributed by atoms with E-state index in [-0.39, 0.29) is 0 Å². The molecule has 0 N–H and O–H groups in total. The van der Waals surface area contributed by atoms with Gasteiger partial charge in [0.25, 0.3) is 0 Å². The Bertz CT molecular complexity index is 588. The van der Waals surface area contributed by atoms with Crippen molar-refractivity contribution in [2.75, 3.05) is 0 Å². The van der Waals surface area contributed by atoms with E-state index in [1.165, 1.54) is 6.20 Å². The maximum atomic E-state index is 8.66. The van der Waals surface area contributed by atoms with Crippen LogP contribution in [0.1, 0.15) is 16.8 Å². The van der Waals surface area contributed by atoms with Gasteiger partial charge in [0.1, 0.15) is 18.4 Å². The quantitative estimate of drug-likeness (QED) is 0.847. The largest absolute Gasteiger partial charge is 0.486 e. The Morgan fingerprint density at radius 2 is 2.17 bits per heavy atom. The average Bonchev–Trinajstić information content (AvgIpc) is 2.38. The molecule has 0 fully saturated rings. The summed E-state index contributed by atoms with van der Waals surface area (Å²) in [5.74, 6) is 0.633. The highest BCUT2D eigenvalue weighted by atomic mass is 35.5. The van der Waals surface area contributed by atoms with Crippen molar-refractivity contribution in [3.63, 3.8) is 0 Å². The van der Waals surface area contributed by atoms with Crippen molar-refractivity contribution in [2.45, 2.75) is 13.5 Å². The summed E-state index contributed by atoms with van der Waals surface area (Å²) in [6.45, 7) is 2.30. The number of aromatic nitrogens is 1. The predicted octanol–water partition coefficient (Wildman–Crippen LogP) is 3.49. The molecule has 0 saturated carbocycles. The van der Waals surface area contributed by atoms with Gasteiger partial charge < -0.3 is 4.74 Å². The molecule has 18 heavy (non-hydrogen) atoms. The number of hydrogen-bond donors (Lipinski definition) is 0. The van der Waals surface area contributed by atoms with Crippen LogP contribution < -0.4 is 4.74 Å². The zero-order valence-corrected chi connectivity index (χ0v) is 10.6. The molecule has 0 aliphatic rings. The molecular weight excluding hydrogens is 248 g/mol. The molecule has 2 aromatic rings. The minimum Gasteiger partial charge on any atom is -0.486 e. The highest BCUT2D eigenvalue weighted by Crippen LogP contribution is 2.25. The molecule has 0 amide bonds. The van der Waals surface area contributed by atoms with Gasteiger partial charge in [-0.3, -0.25) is 4.98 Å². The van der Waals surface area contributed by atoms with Crippen LogP contribution >= 0.6 is 11.6 Å². The van der Waals surface area contributed by atoms with Gasteiger partial charge in [-0.15, -0.1) is 0 Å². The molecule has 4 heteroatoms. The van der Waals surface area contributed by atoms with Crippen LogP contribution in [0, 0.1) is 18.3 Å². The van der Waals surface area contributed by atoms with Crippen LogP contribution in [0.25, 0.3) is 0 Å². The standard InChI is InChI=1S/C14H11ClN2O/c1-10-2-5-14(13(15)6-10)18-9-12-4-3-11(7-16)8-17-12/h2-6,8H,9H2,1H3. The number of hydrogen-bond acceptors (Lipinski definition) is 3. The number of nitriles is 1. The minimum absolute atomic E-state index is 0.328. The lowest BCUT2D eigenvalue weighted by molar-refractivity contribution is 0.301. The van der Waals surface area contributed by atoms with Gasteiger partial charge in [-0.05, 0) is 36.8 Å². The molecule has 0 saturated heterocycles. The summed E-state index contributed by atoms with van der Waals surface area (Å²) in [4.78, 5) is 4.12. The first-order valence-electron chi connectivity index (χ1n) is 5.43. The molecule has 2 rings (SSSR count). The monoisotopic (exact) mass is 258 g/mol. The lowest BCUT2D eigenvalue weighted by Gasteiger charge is -2.08. The van der Waals surface area contributed by atoms with Crippen LogP contribution in [-0.2, 0) is 6.61 Å². The van der Waals surface area contributed by atoms with Crippen molar-refractivity contribution in [1.82, 2.24) is 4.98 Å². The van der Waals surface area contributed by atoms with E-state index in [4.69, 9.17) is 21.6 Å². The third-order valence-electron chi connectivity index (χ3n) is 2.42. The van der Waals surface area contributed by atoms with Crippen LogP contribution in [0.15, 0.2) is 36.5 Å². The van der Waals surface area contributed by atoms with Crippen LogP contribution in [0.4, 0.5) is 0 Å². The number of aryl methyl sites for hydroxylation is 1. The summed E-state index contributed by atoms with van der Waals surface area (Å²) < 4.78 is 5.57. The number of benzene rings is 1. The maximum absolute atomic E-state index is 8.66. The van der Waals surface area contributed by atoms with E-state index in [0.717, 1.165) is 11.3 Å². The molecule has 1 aromatic carbocycles. The Labute approximate surface area is 111 Å². The van der Waals surface area contributed by atoms with Gasteiger partial charge in [0, 0.05) is 6.20 Å². The summed E-state index contributed by atoms with van der Waals surface area (Å²) in [6.07, 6.45) is 1.52. The smallest absolute Gasteiger partial charge is 0.138 e. The number of halogens is 1. The average molecular weight is 259 g/mol. The summed E-state index contributed by atoms with van der Waals surface area (Å²) in [5.41, 5.74) is 2.38. The van der Waals surface area contributed by atoms with Gasteiger partial charge in [-0.1, -0.05) is 17.7 Å². The molecule has 0 aliphatic carbocycles. The van der Waals surface area contributed by atoms with Gasteiger partial charge in [0.05, 0.1) is 16.3 Å². The van der Waals surface area contributed by atoms with E-state index in [1.54, 1.807) is 12.1 Å². The van der Waals surface area contributed by atoms with Crippen molar-refractivity contribution in [2.24, 2.45) is 0 Å².